The van der Waals surface area contributed by atoms with E-state index < -0.39 is 5.69 Å². The zero-order valence-electron chi connectivity index (χ0n) is 13.9. The summed E-state index contributed by atoms with van der Waals surface area (Å²) in [4.78, 5) is 40.9. The highest BCUT2D eigenvalue weighted by atomic mass is 32.1. The van der Waals surface area contributed by atoms with Crippen molar-refractivity contribution in [3.05, 3.63) is 68.2 Å². The van der Waals surface area contributed by atoms with E-state index in [0.29, 0.717) is 23.2 Å². The first-order valence-electron chi connectivity index (χ1n) is 8.04. The number of rotatable bonds is 6. The molecule has 3 rings (SSSR count). The number of amides is 1. The third-order valence-electron chi connectivity index (χ3n) is 4.05. The number of thiophene rings is 1. The first-order chi connectivity index (χ1) is 12.1. The van der Waals surface area contributed by atoms with Crippen molar-refractivity contribution < 1.29 is 4.79 Å². The van der Waals surface area contributed by atoms with Crippen LogP contribution in [0.4, 0.5) is 0 Å². The Hall–Kier alpha value is -2.67. The fourth-order valence-electron chi connectivity index (χ4n) is 2.70. The van der Waals surface area contributed by atoms with E-state index in [1.54, 1.807) is 23.4 Å². The van der Waals surface area contributed by atoms with Crippen LogP contribution in [0.5, 0.6) is 0 Å². The van der Waals surface area contributed by atoms with E-state index in [1.807, 2.05) is 30.3 Å². The normalized spacial score (nSPS) is 10.9. The predicted molar refractivity (Wildman–Crippen MR) is 98.9 cm³/mol. The summed E-state index contributed by atoms with van der Waals surface area (Å²) < 4.78 is 1.70. The van der Waals surface area contributed by atoms with Crippen LogP contribution in [0.1, 0.15) is 18.4 Å². The second kappa shape index (κ2) is 7.48. The topological polar surface area (TPSA) is 75.2 Å². The summed E-state index contributed by atoms with van der Waals surface area (Å²) in [6.45, 7) is 0.772. The lowest BCUT2D eigenvalue weighted by molar-refractivity contribution is -0.130. The van der Waals surface area contributed by atoms with Gasteiger partial charge in [0, 0.05) is 26.6 Å². The Kier molecular flexibility index (Phi) is 5.14. The van der Waals surface area contributed by atoms with Gasteiger partial charge >= 0.3 is 5.69 Å². The number of hydrogen-bond donors (Lipinski definition) is 1. The fourth-order valence-corrected chi connectivity index (χ4v) is 3.50. The van der Waals surface area contributed by atoms with Crippen molar-refractivity contribution in [2.45, 2.75) is 25.9 Å². The maximum atomic E-state index is 12.3. The Bertz CT molecular complexity index is 988. The number of nitrogens with zero attached hydrogens (tertiary/aromatic N) is 2. The standard InChI is InChI=1S/C18H19N3O3S/c1-20(12-13-6-3-2-4-7-13)15(22)8-5-10-21-17(23)16-14(9-11-25-16)19-18(21)24/h2-4,6-7,9,11H,5,8,10,12H2,1H3,(H,19,24). The van der Waals surface area contributed by atoms with Crippen molar-refractivity contribution in [3.63, 3.8) is 0 Å². The quantitative estimate of drug-likeness (QED) is 0.735. The first-order valence-corrected chi connectivity index (χ1v) is 8.92. The fraction of sp³-hybridized carbons (Fsp3) is 0.278. The Labute approximate surface area is 148 Å². The highest BCUT2D eigenvalue weighted by Gasteiger charge is 2.12. The molecule has 130 valence electrons. The van der Waals surface area contributed by atoms with E-state index in [-0.39, 0.29) is 24.4 Å². The van der Waals surface area contributed by atoms with Crippen LogP contribution in [0, 0.1) is 0 Å². The predicted octanol–water partition coefficient (Wildman–Crippen LogP) is 2.19. The summed E-state index contributed by atoms with van der Waals surface area (Å²) in [5.41, 5.74) is 0.906. The first kappa shape index (κ1) is 17.2. The molecule has 0 spiro atoms. The molecule has 0 unspecified atom stereocenters. The van der Waals surface area contributed by atoms with Crippen LogP contribution in [-0.2, 0) is 17.9 Å². The number of nitrogens with one attached hydrogen (secondary N) is 1. The molecule has 0 atom stereocenters. The van der Waals surface area contributed by atoms with Gasteiger partial charge in [-0.1, -0.05) is 30.3 Å². The lowest BCUT2D eigenvalue weighted by atomic mass is 10.2. The van der Waals surface area contributed by atoms with Crippen molar-refractivity contribution in [1.29, 1.82) is 0 Å². The van der Waals surface area contributed by atoms with E-state index in [9.17, 15) is 14.4 Å². The number of carbonyl (C=O) groups excluding carboxylic acids is 1. The second-order valence-electron chi connectivity index (χ2n) is 5.89. The maximum Gasteiger partial charge on any atom is 0.328 e. The van der Waals surface area contributed by atoms with Gasteiger partial charge in [-0.15, -0.1) is 11.3 Å². The van der Waals surface area contributed by atoms with Gasteiger partial charge in [-0.3, -0.25) is 14.2 Å². The average molecular weight is 357 g/mol. The lowest BCUT2D eigenvalue weighted by Gasteiger charge is -2.17. The molecule has 0 fully saturated rings. The van der Waals surface area contributed by atoms with Crippen molar-refractivity contribution in [3.8, 4) is 0 Å². The van der Waals surface area contributed by atoms with Gasteiger partial charge in [0.2, 0.25) is 5.91 Å². The monoisotopic (exact) mass is 357 g/mol. The summed E-state index contributed by atoms with van der Waals surface area (Å²) in [6.07, 6.45) is 0.732. The third-order valence-corrected chi connectivity index (χ3v) is 4.95. The van der Waals surface area contributed by atoms with Crippen molar-refractivity contribution in [2.75, 3.05) is 7.05 Å². The molecule has 0 aliphatic carbocycles. The molecule has 0 radical (unpaired) electrons. The minimum Gasteiger partial charge on any atom is -0.341 e. The molecule has 25 heavy (non-hydrogen) atoms. The van der Waals surface area contributed by atoms with Crippen LogP contribution in [0.15, 0.2) is 51.4 Å². The van der Waals surface area contributed by atoms with Gasteiger partial charge in [-0.2, -0.15) is 0 Å². The van der Waals surface area contributed by atoms with Crippen molar-refractivity contribution in [2.24, 2.45) is 0 Å². The molecule has 1 aromatic carbocycles. The Morgan fingerprint density at radius 1 is 1.20 bits per heavy atom. The van der Waals surface area contributed by atoms with Crippen LogP contribution in [-0.4, -0.2) is 27.4 Å². The number of hydrogen-bond acceptors (Lipinski definition) is 4. The Morgan fingerprint density at radius 3 is 2.72 bits per heavy atom. The molecule has 1 amide bonds. The minimum atomic E-state index is -0.430. The SMILES string of the molecule is CN(Cc1ccccc1)C(=O)CCCn1c(=O)[nH]c2ccsc2c1=O. The lowest BCUT2D eigenvalue weighted by Crippen LogP contribution is -2.35. The molecule has 3 aromatic rings. The number of carbonyl (C=O) groups is 1. The minimum absolute atomic E-state index is 0.00877. The third kappa shape index (κ3) is 3.88. The molecule has 2 heterocycles. The molecule has 0 aliphatic heterocycles. The highest BCUT2D eigenvalue weighted by Crippen LogP contribution is 2.12. The zero-order valence-corrected chi connectivity index (χ0v) is 14.7. The van der Waals surface area contributed by atoms with E-state index in [0.717, 1.165) is 5.56 Å². The zero-order chi connectivity index (χ0) is 17.8. The average Bonchev–Trinajstić information content (AvgIpc) is 3.07. The number of aromatic amines is 1. The number of benzene rings is 1. The van der Waals surface area contributed by atoms with Gasteiger partial charge < -0.3 is 9.88 Å². The van der Waals surface area contributed by atoms with Gasteiger partial charge in [0.05, 0.1) is 5.52 Å². The van der Waals surface area contributed by atoms with Gasteiger partial charge in [-0.25, -0.2) is 4.79 Å². The van der Waals surface area contributed by atoms with Gasteiger partial charge in [0.25, 0.3) is 5.56 Å². The highest BCUT2D eigenvalue weighted by molar-refractivity contribution is 7.17. The molecular formula is C18H19N3O3S. The van der Waals surface area contributed by atoms with E-state index in [1.165, 1.54) is 15.9 Å². The second-order valence-corrected chi connectivity index (χ2v) is 6.81. The van der Waals surface area contributed by atoms with Gasteiger partial charge in [0.1, 0.15) is 4.70 Å². The molecular weight excluding hydrogens is 338 g/mol. The Morgan fingerprint density at radius 2 is 1.96 bits per heavy atom. The molecule has 0 saturated carbocycles. The molecule has 0 saturated heterocycles. The summed E-state index contributed by atoms with van der Waals surface area (Å²) in [5.74, 6) is -0.00877. The largest absolute Gasteiger partial charge is 0.341 e. The number of fused-ring (bicyclic) bond motifs is 1. The van der Waals surface area contributed by atoms with Crippen LogP contribution < -0.4 is 11.2 Å². The van der Waals surface area contributed by atoms with Crippen LogP contribution >= 0.6 is 11.3 Å². The molecule has 7 heteroatoms. The summed E-state index contributed by atoms with van der Waals surface area (Å²) in [5, 5.41) is 1.77. The molecule has 0 bridgehead atoms. The van der Waals surface area contributed by atoms with Crippen LogP contribution in [0.25, 0.3) is 10.2 Å². The molecule has 1 N–H and O–H groups in total. The van der Waals surface area contributed by atoms with E-state index in [4.69, 9.17) is 0 Å². The van der Waals surface area contributed by atoms with Crippen LogP contribution in [0.3, 0.4) is 0 Å². The smallest absolute Gasteiger partial charge is 0.328 e. The molecule has 0 aliphatic rings. The number of H-pyrrole nitrogens is 1. The maximum absolute atomic E-state index is 12.3. The van der Waals surface area contributed by atoms with Crippen molar-refractivity contribution >= 4 is 27.5 Å². The summed E-state index contributed by atoms with van der Waals surface area (Å²) in [7, 11) is 1.76. The van der Waals surface area contributed by atoms with Gasteiger partial charge in [-0.05, 0) is 23.4 Å². The van der Waals surface area contributed by atoms with Crippen molar-refractivity contribution in [1.82, 2.24) is 14.5 Å². The van der Waals surface area contributed by atoms with E-state index >= 15 is 0 Å². The summed E-state index contributed by atoms with van der Waals surface area (Å²) in [6, 6.07) is 11.5. The molecule has 6 nitrogen and oxygen atoms in total. The van der Waals surface area contributed by atoms with Crippen LogP contribution in [0.2, 0.25) is 0 Å². The molecule has 2 aromatic heterocycles. The summed E-state index contributed by atoms with van der Waals surface area (Å²) >= 11 is 1.30. The van der Waals surface area contributed by atoms with E-state index in [2.05, 4.69) is 4.98 Å². The van der Waals surface area contributed by atoms with Gasteiger partial charge in [0.15, 0.2) is 0 Å². The number of aromatic nitrogens is 2. The Balaban J connectivity index is 1.60.